The van der Waals surface area contributed by atoms with E-state index in [0.717, 1.165) is 87.6 Å². The van der Waals surface area contributed by atoms with Crippen molar-refractivity contribution in [3.05, 3.63) is 241 Å². The SMILES string of the molecule is Oc1cc(C2(c3cc(O)cc4c3ccc3ccccc34)c3ccc(-c4cccc5ccccc45)cc3-c3cc(-c4cccc5ccccc45)ccc32)c2ccc3ccccc3c2c1. The average Bonchev–Trinajstić information content (AvgIpc) is 3.62. The van der Waals surface area contributed by atoms with Gasteiger partial charge in [-0.15, -0.1) is 0 Å². The lowest BCUT2D eigenvalue weighted by Crippen LogP contribution is -2.29. The molecule has 2 nitrogen and oxygen atoms in total. The Kier molecular flexibility index (Phi) is 7.56. The Morgan fingerprint density at radius 1 is 0.238 bits per heavy atom. The second-order valence-corrected chi connectivity index (χ2v) is 17.1. The summed E-state index contributed by atoms with van der Waals surface area (Å²) in [7, 11) is 0. The molecule has 63 heavy (non-hydrogen) atoms. The molecule has 13 rings (SSSR count). The summed E-state index contributed by atoms with van der Waals surface area (Å²) in [5, 5.41) is 37.3. The van der Waals surface area contributed by atoms with E-state index < -0.39 is 5.41 Å². The molecule has 1 aliphatic carbocycles. The summed E-state index contributed by atoms with van der Waals surface area (Å²) in [4.78, 5) is 0. The Morgan fingerprint density at radius 2 is 0.619 bits per heavy atom. The van der Waals surface area contributed by atoms with Crippen LogP contribution >= 0.6 is 0 Å². The standard InChI is InChI=1S/C61H38O2/c62-43-33-53-47-19-7-3-13-39(47)23-27-51(53)59(35-43)61(60-36-44(63)34-54-48-20-8-4-14-40(48)24-28-52(54)60)57-29-25-41(49-21-9-15-37-11-1-5-17-45(37)49)31-55(57)56-32-42(26-30-58(56)61)50-22-10-16-38-12-2-6-18-46(38)50/h1-36,62-63H. The molecule has 0 atom stereocenters. The predicted octanol–water partition coefficient (Wildman–Crippen LogP) is 15.7. The Bertz CT molecular complexity index is 3630. The van der Waals surface area contributed by atoms with Gasteiger partial charge >= 0.3 is 0 Å². The number of hydrogen-bond acceptors (Lipinski definition) is 2. The molecule has 0 aliphatic heterocycles. The molecule has 2 heteroatoms. The molecule has 12 aromatic rings. The fraction of sp³-hybridized carbons (Fsp3) is 0.0164. The number of benzene rings is 12. The lowest BCUT2D eigenvalue weighted by molar-refractivity contribution is 0.473. The average molecular weight is 803 g/mol. The molecule has 1 aliphatic rings. The second-order valence-electron chi connectivity index (χ2n) is 17.1. The van der Waals surface area contributed by atoms with Gasteiger partial charge in [0.25, 0.3) is 0 Å². The van der Waals surface area contributed by atoms with Gasteiger partial charge in [0.15, 0.2) is 0 Å². The number of phenolic OH excluding ortho intramolecular Hbond substituents is 2. The van der Waals surface area contributed by atoms with Crippen LogP contribution in [0.5, 0.6) is 11.5 Å². The molecule has 0 heterocycles. The molecular formula is C61H38O2. The van der Waals surface area contributed by atoms with Crippen molar-refractivity contribution in [2.75, 3.05) is 0 Å². The van der Waals surface area contributed by atoms with Crippen molar-refractivity contribution in [3.63, 3.8) is 0 Å². The molecule has 12 aromatic carbocycles. The van der Waals surface area contributed by atoms with Crippen LogP contribution in [0.1, 0.15) is 22.3 Å². The third kappa shape index (κ3) is 5.13. The lowest BCUT2D eigenvalue weighted by atomic mass is 9.65. The maximum Gasteiger partial charge on any atom is 0.116 e. The maximum atomic E-state index is 12.0. The van der Waals surface area contributed by atoms with E-state index in [1.54, 1.807) is 0 Å². The monoisotopic (exact) mass is 802 g/mol. The fourth-order valence-corrected chi connectivity index (χ4v) is 11.2. The largest absolute Gasteiger partial charge is 0.508 e. The summed E-state index contributed by atoms with van der Waals surface area (Å²) in [6.45, 7) is 0. The predicted molar refractivity (Wildman–Crippen MR) is 263 cm³/mol. The van der Waals surface area contributed by atoms with Gasteiger partial charge in [-0.1, -0.05) is 182 Å². The first kappa shape index (κ1) is 35.5. The van der Waals surface area contributed by atoms with E-state index in [-0.39, 0.29) is 11.5 Å². The molecular weight excluding hydrogens is 765 g/mol. The van der Waals surface area contributed by atoms with Crippen LogP contribution in [0.25, 0.3) is 98.0 Å². The molecule has 0 saturated heterocycles. The smallest absolute Gasteiger partial charge is 0.116 e. The molecule has 0 unspecified atom stereocenters. The van der Waals surface area contributed by atoms with Crippen molar-refractivity contribution in [2.45, 2.75) is 5.41 Å². The molecule has 0 aromatic heterocycles. The van der Waals surface area contributed by atoms with Crippen LogP contribution in [0.3, 0.4) is 0 Å². The topological polar surface area (TPSA) is 40.5 Å². The number of phenols is 2. The van der Waals surface area contributed by atoms with Crippen molar-refractivity contribution in [1.82, 2.24) is 0 Å². The van der Waals surface area contributed by atoms with Crippen LogP contribution in [0.4, 0.5) is 0 Å². The first-order valence-electron chi connectivity index (χ1n) is 21.6. The van der Waals surface area contributed by atoms with Gasteiger partial charge in [0.1, 0.15) is 11.5 Å². The zero-order valence-corrected chi connectivity index (χ0v) is 34.2. The molecule has 0 fully saturated rings. The maximum absolute atomic E-state index is 12.0. The van der Waals surface area contributed by atoms with Crippen molar-refractivity contribution in [1.29, 1.82) is 0 Å². The van der Waals surface area contributed by atoms with Crippen LogP contribution in [0.15, 0.2) is 218 Å². The number of aromatic hydroxyl groups is 2. The van der Waals surface area contributed by atoms with E-state index in [1.807, 2.05) is 24.3 Å². The molecule has 0 bridgehead atoms. The van der Waals surface area contributed by atoms with E-state index in [2.05, 4.69) is 194 Å². The zero-order chi connectivity index (χ0) is 41.8. The zero-order valence-electron chi connectivity index (χ0n) is 34.2. The molecule has 0 spiro atoms. The van der Waals surface area contributed by atoms with Crippen LogP contribution in [-0.2, 0) is 5.41 Å². The third-order valence-corrected chi connectivity index (χ3v) is 13.8. The number of hydrogen-bond donors (Lipinski definition) is 2. The highest BCUT2D eigenvalue weighted by atomic mass is 16.3. The van der Waals surface area contributed by atoms with E-state index in [9.17, 15) is 10.2 Å². The quantitative estimate of drug-likeness (QED) is 0.174. The van der Waals surface area contributed by atoms with Crippen molar-refractivity contribution < 1.29 is 10.2 Å². The van der Waals surface area contributed by atoms with Gasteiger partial charge in [0, 0.05) is 0 Å². The molecule has 0 amide bonds. The molecule has 0 saturated carbocycles. The Balaban J connectivity index is 1.22. The van der Waals surface area contributed by atoms with Gasteiger partial charge in [-0.3, -0.25) is 0 Å². The van der Waals surface area contributed by atoms with Crippen LogP contribution < -0.4 is 0 Å². The van der Waals surface area contributed by atoms with E-state index in [4.69, 9.17) is 0 Å². The number of rotatable bonds is 4. The van der Waals surface area contributed by atoms with Crippen molar-refractivity contribution in [2.24, 2.45) is 0 Å². The van der Waals surface area contributed by atoms with Gasteiger partial charge in [-0.25, -0.2) is 0 Å². The summed E-state index contributed by atoms with van der Waals surface area (Å²) in [6, 6.07) is 77.7. The highest BCUT2D eigenvalue weighted by Crippen LogP contribution is 2.61. The summed E-state index contributed by atoms with van der Waals surface area (Å²) < 4.78 is 0. The van der Waals surface area contributed by atoms with Gasteiger partial charge in [0.05, 0.1) is 5.41 Å². The van der Waals surface area contributed by atoms with Gasteiger partial charge < -0.3 is 10.2 Å². The minimum absolute atomic E-state index is 0.192. The van der Waals surface area contributed by atoms with E-state index in [1.165, 1.54) is 32.7 Å². The Hall–Kier alpha value is -8.20. The lowest BCUT2D eigenvalue weighted by Gasteiger charge is -2.36. The highest BCUT2D eigenvalue weighted by molar-refractivity contribution is 6.13. The Labute approximate surface area is 364 Å². The van der Waals surface area contributed by atoms with Crippen molar-refractivity contribution >= 4 is 64.6 Å². The first-order valence-corrected chi connectivity index (χ1v) is 21.6. The normalized spacial score (nSPS) is 13.0. The van der Waals surface area contributed by atoms with E-state index >= 15 is 0 Å². The van der Waals surface area contributed by atoms with E-state index in [0.29, 0.717) is 0 Å². The minimum atomic E-state index is -0.988. The van der Waals surface area contributed by atoms with Crippen LogP contribution in [0, 0.1) is 0 Å². The van der Waals surface area contributed by atoms with Gasteiger partial charge in [-0.2, -0.15) is 0 Å². The summed E-state index contributed by atoms with van der Waals surface area (Å²) in [5.74, 6) is 0.385. The highest BCUT2D eigenvalue weighted by Gasteiger charge is 2.48. The Morgan fingerprint density at radius 3 is 1.06 bits per heavy atom. The third-order valence-electron chi connectivity index (χ3n) is 13.8. The summed E-state index contributed by atoms with van der Waals surface area (Å²) in [6.07, 6.45) is 0. The van der Waals surface area contributed by atoms with Crippen molar-refractivity contribution in [3.8, 4) is 44.9 Å². The molecule has 294 valence electrons. The van der Waals surface area contributed by atoms with Gasteiger partial charge in [0.2, 0.25) is 0 Å². The number of fused-ring (bicyclic) bond motifs is 11. The van der Waals surface area contributed by atoms with Crippen LogP contribution in [-0.4, -0.2) is 10.2 Å². The molecule has 2 N–H and O–H groups in total. The molecule has 0 radical (unpaired) electrons. The fourth-order valence-electron chi connectivity index (χ4n) is 11.2. The van der Waals surface area contributed by atoms with Crippen LogP contribution in [0.2, 0.25) is 0 Å². The second kappa shape index (κ2) is 13.4. The first-order chi connectivity index (χ1) is 31.0. The van der Waals surface area contributed by atoms with Gasteiger partial charge in [-0.05, 0) is 157 Å². The summed E-state index contributed by atoms with van der Waals surface area (Å²) in [5.41, 5.74) is 9.94. The minimum Gasteiger partial charge on any atom is -0.508 e. The summed E-state index contributed by atoms with van der Waals surface area (Å²) >= 11 is 0.